The Morgan fingerprint density at radius 3 is 2.72 bits per heavy atom. The molecule has 0 unspecified atom stereocenters. The van der Waals surface area contributed by atoms with Gasteiger partial charge in [0.05, 0.1) is 0 Å². The van der Waals surface area contributed by atoms with Crippen LogP contribution in [0.2, 0.25) is 0 Å². The van der Waals surface area contributed by atoms with Crippen molar-refractivity contribution in [1.82, 2.24) is 5.32 Å². The Hall–Kier alpha value is -0.770. The van der Waals surface area contributed by atoms with Crippen molar-refractivity contribution in [1.29, 1.82) is 0 Å². The van der Waals surface area contributed by atoms with Crippen LogP contribution in [0.1, 0.15) is 11.3 Å². The zero-order valence-corrected chi connectivity index (χ0v) is 12.3. The van der Waals surface area contributed by atoms with Crippen molar-refractivity contribution < 1.29 is 0 Å². The van der Waals surface area contributed by atoms with E-state index in [1.54, 1.807) is 0 Å². The van der Waals surface area contributed by atoms with Gasteiger partial charge in [-0.15, -0.1) is 11.3 Å². The van der Waals surface area contributed by atoms with E-state index in [4.69, 9.17) is 0 Å². The minimum absolute atomic E-state index is 0.992. The van der Waals surface area contributed by atoms with E-state index in [1.165, 1.54) is 27.5 Å². The number of nitrogens with one attached hydrogen (secondary N) is 1. The molecular weight excluding hydrogens is 258 g/mol. The van der Waals surface area contributed by atoms with E-state index in [0.717, 1.165) is 13.1 Å². The predicted molar refractivity (Wildman–Crippen MR) is 84.5 cm³/mol. The smallest absolute Gasteiger partial charge is 0.0346 e. The quantitative estimate of drug-likeness (QED) is 0.759. The molecule has 0 aliphatic heterocycles. The van der Waals surface area contributed by atoms with E-state index in [9.17, 15) is 0 Å². The van der Waals surface area contributed by atoms with Gasteiger partial charge in [-0.3, -0.25) is 0 Å². The Balaban J connectivity index is 1.83. The second kappa shape index (κ2) is 7.62. The molecule has 2 rings (SSSR count). The fourth-order valence-corrected chi connectivity index (χ4v) is 3.20. The van der Waals surface area contributed by atoms with Gasteiger partial charge in [-0.2, -0.15) is 11.8 Å². The van der Waals surface area contributed by atoms with Crippen molar-refractivity contribution >= 4 is 23.1 Å². The molecule has 1 N–H and O–H groups in total. The van der Waals surface area contributed by atoms with Crippen LogP contribution in [-0.2, 0) is 6.54 Å². The lowest BCUT2D eigenvalue weighted by atomic mass is 10.2. The van der Waals surface area contributed by atoms with Crippen molar-refractivity contribution in [3.05, 3.63) is 47.3 Å². The van der Waals surface area contributed by atoms with Gasteiger partial charge in [-0.05, 0) is 42.7 Å². The van der Waals surface area contributed by atoms with Gasteiger partial charge in [0, 0.05) is 16.3 Å². The zero-order valence-electron chi connectivity index (χ0n) is 10.7. The monoisotopic (exact) mass is 277 g/mol. The van der Waals surface area contributed by atoms with Crippen LogP contribution in [0.15, 0.2) is 42.5 Å². The van der Waals surface area contributed by atoms with Crippen LogP contribution in [0.4, 0.5) is 0 Å². The van der Waals surface area contributed by atoms with Gasteiger partial charge in [-0.1, -0.05) is 30.3 Å². The Labute approximate surface area is 118 Å². The van der Waals surface area contributed by atoms with Crippen LogP contribution in [0.3, 0.4) is 0 Å². The van der Waals surface area contributed by atoms with Crippen LogP contribution in [0, 0.1) is 0 Å². The Kier molecular flexibility index (Phi) is 5.78. The molecule has 0 aliphatic rings. The number of hydrogen-bond acceptors (Lipinski definition) is 3. The average Bonchev–Trinajstić information content (AvgIpc) is 2.88. The predicted octanol–water partition coefficient (Wildman–Crippen LogP) is 4.26. The second-order valence-corrected chi connectivity index (χ2v) is 6.31. The van der Waals surface area contributed by atoms with E-state index < -0.39 is 0 Å². The molecule has 3 heteroatoms. The summed E-state index contributed by atoms with van der Waals surface area (Å²) in [5.41, 5.74) is 1.32. The molecule has 18 heavy (non-hydrogen) atoms. The van der Waals surface area contributed by atoms with E-state index in [2.05, 4.69) is 54.0 Å². The first-order valence-corrected chi connectivity index (χ1v) is 8.45. The molecule has 0 saturated carbocycles. The standard InChI is InChI=1S/C15H19NS2/c1-17-11-5-10-16-12-14-8-9-15(18-14)13-6-3-2-4-7-13/h2-4,6-9,16H,5,10-12H2,1H3. The van der Waals surface area contributed by atoms with Gasteiger partial charge < -0.3 is 5.32 Å². The van der Waals surface area contributed by atoms with Crippen LogP contribution in [-0.4, -0.2) is 18.6 Å². The summed E-state index contributed by atoms with van der Waals surface area (Å²) in [5.74, 6) is 1.24. The first-order chi connectivity index (χ1) is 8.90. The van der Waals surface area contributed by atoms with E-state index >= 15 is 0 Å². The molecular formula is C15H19NS2. The minimum Gasteiger partial charge on any atom is -0.312 e. The van der Waals surface area contributed by atoms with Gasteiger partial charge in [0.25, 0.3) is 0 Å². The Morgan fingerprint density at radius 2 is 1.94 bits per heavy atom. The van der Waals surface area contributed by atoms with Gasteiger partial charge in [-0.25, -0.2) is 0 Å². The fraction of sp³-hybridized carbons (Fsp3) is 0.333. The molecule has 0 saturated heterocycles. The van der Waals surface area contributed by atoms with Crippen molar-refractivity contribution in [2.45, 2.75) is 13.0 Å². The highest BCUT2D eigenvalue weighted by atomic mass is 32.2. The zero-order chi connectivity index (χ0) is 12.6. The molecule has 0 fully saturated rings. The third-order valence-electron chi connectivity index (χ3n) is 2.72. The Morgan fingerprint density at radius 1 is 1.11 bits per heavy atom. The van der Waals surface area contributed by atoms with Crippen molar-refractivity contribution in [2.24, 2.45) is 0 Å². The number of benzene rings is 1. The molecule has 1 aromatic heterocycles. The summed E-state index contributed by atoms with van der Waals surface area (Å²) in [6, 6.07) is 15.0. The fourth-order valence-electron chi connectivity index (χ4n) is 1.78. The molecule has 1 nitrogen and oxygen atoms in total. The first-order valence-electron chi connectivity index (χ1n) is 6.24. The first kappa shape index (κ1) is 13.7. The highest BCUT2D eigenvalue weighted by molar-refractivity contribution is 7.98. The largest absolute Gasteiger partial charge is 0.312 e. The lowest BCUT2D eigenvalue weighted by Crippen LogP contribution is -2.14. The van der Waals surface area contributed by atoms with Crippen molar-refractivity contribution in [3.63, 3.8) is 0 Å². The van der Waals surface area contributed by atoms with Crippen LogP contribution in [0.25, 0.3) is 10.4 Å². The molecule has 96 valence electrons. The van der Waals surface area contributed by atoms with Crippen molar-refractivity contribution in [3.8, 4) is 10.4 Å². The molecule has 1 heterocycles. The molecule has 0 bridgehead atoms. The lowest BCUT2D eigenvalue weighted by Gasteiger charge is -2.01. The van der Waals surface area contributed by atoms with Gasteiger partial charge in [0.1, 0.15) is 0 Å². The van der Waals surface area contributed by atoms with Crippen LogP contribution in [0.5, 0.6) is 0 Å². The molecule has 0 atom stereocenters. The maximum absolute atomic E-state index is 3.50. The summed E-state index contributed by atoms with van der Waals surface area (Å²) >= 11 is 3.79. The number of thioether (sulfide) groups is 1. The third-order valence-corrected chi connectivity index (χ3v) is 4.55. The summed E-state index contributed by atoms with van der Waals surface area (Å²) in [7, 11) is 0. The summed E-state index contributed by atoms with van der Waals surface area (Å²) in [6.07, 6.45) is 3.41. The van der Waals surface area contributed by atoms with Crippen LogP contribution < -0.4 is 5.32 Å². The summed E-state index contributed by atoms with van der Waals surface area (Å²) in [4.78, 5) is 2.77. The van der Waals surface area contributed by atoms with Gasteiger partial charge in [0.2, 0.25) is 0 Å². The molecule has 0 radical (unpaired) electrons. The molecule has 0 amide bonds. The highest BCUT2D eigenvalue weighted by Gasteiger charge is 2.01. The molecule has 0 spiro atoms. The summed E-state index contributed by atoms with van der Waals surface area (Å²) in [5, 5.41) is 3.50. The second-order valence-electron chi connectivity index (χ2n) is 4.16. The maximum atomic E-state index is 3.50. The van der Waals surface area contributed by atoms with Crippen molar-refractivity contribution in [2.75, 3.05) is 18.6 Å². The van der Waals surface area contributed by atoms with E-state index in [-0.39, 0.29) is 0 Å². The average molecular weight is 277 g/mol. The maximum Gasteiger partial charge on any atom is 0.0346 e. The molecule has 1 aromatic carbocycles. The summed E-state index contributed by atoms with van der Waals surface area (Å²) in [6.45, 7) is 2.10. The number of thiophene rings is 1. The number of rotatable bonds is 7. The van der Waals surface area contributed by atoms with Crippen LogP contribution >= 0.6 is 23.1 Å². The lowest BCUT2D eigenvalue weighted by molar-refractivity contribution is 0.685. The topological polar surface area (TPSA) is 12.0 Å². The van der Waals surface area contributed by atoms with E-state index in [0.29, 0.717) is 0 Å². The van der Waals surface area contributed by atoms with Gasteiger partial charge in [0.15, 0.2) is 0 Å². The van der Waals surface area contributed by atoms with E-state index in [1.807, 2.05) is 23.1 Å². The SMILES string of the molecule is CSCCCNCc1ccc(-c2ccccc2)s1. The molecule has 2 aromatic rings. The van der Waals surface area contributed by atoms with Gasteiger partial charge >= 0.3 is 0 Å². The Bertz CT molecular complexity index is 451. The number of hydrogen-bond donors (Lipinski definition) is 1. The molecule has 0 aliphatic carbocycles. The minimum atomic E-state index is 0.992. The third kappa shape index (κ3) is 4.16. The highest BCUT2D eigenvalue weighted by Crippen LogP contribution is 2.27. The summed E-state index contributed by atoms with van der Waals surface area (Å²) < 4.78 is 0. The normalized spacial score (nSPS) is 10.7.